The molecule has 0 atom stereocenters. The smallest absolute Gasteiger partial charge is 0.243 e. The molecule has 0 saturated carbocycles. The lowest BCUT2D eigenvalue weighted by atomic mass is 10.2. The lowest BCUT2D eigenvalue weighted by molar-refractivity contribution is -0.131. The molecule has 2 aromatic rings. The zero-order valence-corrected chi connectivity index (χ0v) is 15.4. The van der Waals surface area contributed by atoms with Gasteiger partial charge in [-0.05, 0) is 36.8 Å². The van der Waals surface area contributed by atoms with Crippen molar-refractivity contribution in [2.45, 2.75) is 12.7 Å². The molecule has 0 unspecified atom stereocenters. The fourth-order valence-electron chi connectivity index (χ4n) is 2.14. The molecule has 2 aromatic carbocycles. The SMILES string of the molecule is Cc1ccc(NC(=O)CN(C)C(=O)CSCc2ccc(F)c(F)c2)cc1. The van der Waals surface area contributed by atoms with E-state index in [4.69, 9.17) is 0 Å². The largest absolute Gasteiger partial charge is 0.336 e. The Morgan fingerprint density at radius 1 is 1.08 bits per heavy atom. The summed E-state index contributed by atoms with van der Waals surface area (Å²) in [6.45, 7) is 1.90. The average Bonchev–Trinajstić information content (AvgIpc) is 2.60. The zero-order valence-electron chi connectivity index (χ0n) is 14.6. The second-order valence-corrected chi connectivity index (χ2v) is 6.89. The van der Waals surface area contributed by atoms with Gasteiger partial charge in [-0.25, -0.2) is 8.78 Å². The predicted molar refractivity (Wildman–Crippen MR) is 100.0 cm³/mol. The molecule has 0 aliphatic heterocycles. The van der Waals surface area contributed by atoms with E-state index >= 15 is 0 Å². The number of thioether (sulfide) groups is 1. The highest BCUT2D eigenvalue weighted by Crippen LogP contribution is 2.16. The highest BCUT2D eigenvalue weighted by molar-refractivity contribution is 7.99. The quantitative estimate of drug-likeness (QED) is 0.801. The van der Waals surface area contributed by atoms with Crippen LogP contribution in [0.25, 0.3) is 0 Å². The Morgan fingerprint density at radius 3 is 2.42 bits per heavy atom. The number of hydrogen-bond donors (Lipinski definition) is 1. The molecule has 0 heterocycles. The van der Waals surface area contributed by atoms with Gasteiger partial charge < -0.3 is 10.2 Å². The van der Waals surface area contributed by atoms with Gasteiger partial charge in [0, 0.05) is 18.5 Å². The molecule has 0 spiro atoms. The van der Waals surface area contributed by atoms with Crippen LogP contribution in [0.5, 0.6) is 0 Å². The van der Waals surface area contributed by atoms with Crippen LogP contribution >= 0.6 is 11.8 Å². The lowest BCUT2D eigenvalue weighted by Crippen LogP contribution is -2.35. The van der Waals surface area contributed by atoms with Gasteiger partial charge in [0.05, 0.1) is 12.3 Å². The minimum absolute atomic E-state index is 0.0571. The highest BCUT2D eigenvalue weighted by Gasteiger charge is 2.13. The van der Waals surface area contributed by atoms with Crippen LogP contribution in [0.2, 0.25) is 0 Å². The molecule has 0 radical (unpaired) electrons. The monoisotopic (exact) mass is 378 g/mol. The van der Waals surface area contributed by atoms with Crippen LogP contribution in [-0.2, 0) is 15.3 Å². The summed E-state index contributed by atoms with van der Waals surface area (Å²) >= 11 is 1.28. The molecule has 0 saturated heterocycles. The fourth-order valence-corrected chi connectivity index (χ4v) is 3.05. The Morgan fingerprint density at radius 2 is 1.77 bits per heavy atom. The molecule has 0 aliphatic carbocycles. The number of carbonyl (C=O) groups excluding carboxylic acids is 2. The van der Waals surface area contributed by atoms with Crippen molar-refractivity contribution < 1.29 is 18.4 Å². The summed E-state index contributed by atoms with van der Waals surface area (Å²) in [4.78, 5) is 25.4. The minimum Gasteiger partial charge on any atom is -0.336 e. The first kappa shape index (κ1) is 19.9. The molecule has 2 amide bonds. The molecule has 2 rings (SSSR count). The summed E-state index contributed by atoms with van der Waals surface area (Å²) in [5, 5.41) is 2.73. The van der Waals surface area contributed by atoms with Gasteiger partial charge >= 0.3 is 0 Å². The van der Waals surface area contributed by atoms with Crippen LogP contribution in [0.1, 0.15) is 11.1 Å². The van der Waals surface area contributed by atoms with Crippen LogP contribution < -0.4 is 5.32 Å². The number of benzene rings is 2. The van der Waals surface area contributed by atoms with Crippen molar-refractivity contribution in [1.29, 1.82) is 0 Å². The summed E-state index contributed by atoms with van der Waals surface area (Å²) in [6, 6.07) is 11.0. The Labute approximate surface area is 155 Å². The summed E-state index contributed by atoms with van der Waals surface area (Å²) < 4.78 is 26.0. The molecule has 1 N–H and O–H groups in total. The van der Waals surface area contributed by atoms with E-state index in [1.54, 1.807) is 19.2 Å². The van der Waals surface area contributed by atoms with Crippen molar-refractivity contribution in [3.8, 4) is 0 Å². The van der Waals surface area contributed by atoms with E-state index in [0.29, 0.717) is 17.0 Å². The maximum atomic E-state index is 13.1. The molecule has 138 valence electrons. The number of hydrogen-bond acceptors (Lipinski definition) is 3. The standard InChI is InChI=1S/C19H20F2N2O2S/c1-13-3-6-15(7-4-13)22-18(24)10-23(2)19(25)12-26-11-14-5-8-16(20)17(21)9-14/h3-9H,10-12H2,1-2H3,(H,22,24). The van der Waals surface area contributed by atoms with Gasteiger partial charge in [0.25, 0.3) is 0 Å². The van der Waals surface area contributed by atoms with E-state index in [-0.39, 0.29) is 24.1 Å². The first-order chi connectivity index (χ1) is 12.3. The fraction of sp³-hybridized carbons (Fsp3) is 0.263. The van der Waals surface area contributed by atoms with E-state index in [1.165, 1.54) is 22.7 Å². The number of rotatable bonds is 7. The first-order valence-corrected chi connectivity index (χ1v) is 9.13. The van der Waals surface area contributed by atoms with Gasteiger partial charge in [0.15, 0.2) is 11.6 Å². The minimum atomic E-state index is -0.903. The van der Waals surface area contributed by atoms with Crippen molar-refractivity contribution in [2.24, 2.45) is 0 Å². The summed E-state index contributed by atoms with van der Waals surface area (Å²) in [7, 11) is 1.55. The summed E-state index contributed by atoms with van der Waals surface area (Å²) in [5.74, 6) is -1.76. The van der Waals surface area contributed by atoms with Gasteiger partial charge in [-0.2, -0.15) is 0 Å². The van der Waals surface area contributed by atoms with Crippen molar-refractivity contribution in [1.82, 2.24) is 4.90 Å². The van der Waals surface area contributed by atoms with Crippen molar-refractivity contribution in [3.63, 3.8) is 0 Å². The number of halogens is 2. The Kier molecular flexibility index (Phi) is 7.15. The molecule has 0 aromatic heterocycles. The van der Waals surface area contributed by atoms with E-state index in [9.17, 15) is 18.4 Å². The molecule has 0 aliphatic rings. The molecule has 26 heavy (non-hydrogen) atoms. The molecular formula is C19H20F2N2O2S. The third-order valence-corrected chi connectivity index (χ3v) is 4.61. The van der Waals surface area contributed by atoms with Gasteiger partial charge in [0.2, 0.25) is 11.8 Å². The third kappa shape index (κ3) is 6.15. The van der Waals surface area contributed by atoms with E-state index in [0.717, 1.165) is 17.7 Å². The second kappa shape index (κ2) is 9.33. The number of nitrogens with one attached hydrogen (secondary N) is 1. The van der Waals surface area contributed by atoms with Crippen molar-refractivity contribution in [2.75, 3.05) is 24.7 Å². The van der Waals surface area contributed by atoms with E-state index in [2.05, 4.69) is 5.32 Å². The number of amides is 2. The lowest BCUT2D eigenvalue weighted by Gasteiger charge is -2.16. The van der Waals surface area contributed by atoms with Crippen molar-refractivity contribution in [3.05, 3.63) is 65.2 Å². The van der Waals surface area contributed by atoms with Gasteiger partial charge in [-0.3, -0.25) is 9.59 Å². The maximum absolute atomic E-state index is 13.1. The molecular weight excluding hydrogens is 358 g/mol. The van der Waals surface area contributed by atoms with Gasteiger partial charge in [0.1, 0.15) is 0 Å². The van der Waals surface area contributed by atoms with Crippen LogP contribution in [0.4, 0.5) is 14.5 Å². The summed E-state index contributed by atoms with van der Waals surface area (Å²) in [5.41, 5.74) is 2.36. The zero-order chi connectivity index (χ0) is 19.1. The van der Waals surface area contributed by atoms with Crippen LogP contribution in [0.3, 0.4) is 0 Å². The van der Waals surface area contributed by atoms with Gasteiger partial charge in [-0.1, -0.05) is 23.8 Å². The molecule has 7 heteroatoms. The number of aryl methyl sites for hydroxylation is 1. The van der Waals surface area contributed by atoms with E-state index in [1.807, 2.05) is 19.1 Å². The number of likely N-dealkylation sites (N-methyl/N-ethyl adjacent to an activating group) is 1. The van der Waals surface area contributed by atoms with Crippen LogP contribution in [0.15, 0.2) is 42.5 Å². The third-order valence-electron chi connectivity index (χ3n) is 3.62. The topological polar surface area (TPSA) is 49.4 Å². The van der Waals surface area contributed by atoms with Gasteiger partial charge in [-0.15, -0.1) is 11.8 Å². The summed E-state index contributed by atoms with van der Waals surface area (Å²) in [6.07, 6.45) is 0. The molecule has 0 fully saturated rings. The van der Waals surface area contributed by atoms with Crippen molar-refractivity contribution >= 4 is 29.3 Å². The molecule has 0 bridgehead atoms. The predicted octanol–water partition coefficient (Wildman–Crippen LogP) is 3.60. The maximum Gasteiger partial charge on any atom is 0.243 e. The Bertz CT molecular complexity index is 782. The van der Waals surface area contributed by atoms with Crippen LogP contribution in [0, 0.1) is 18.6 Å². The second-order valence-electron chi connectivity index (χ2n) is 5.91. The molecule has 4 nitrogen and oxygen atoms in total. The average molecular weight is 378 g/mol. The first-order valence-electron chi connectivity index (χ1n) is 7.97. The Balaban J connectivity index is 1.75. The number of nitrogens with zero attached hydrogens (tertiary/aromatic N) is 1. The normalized spacial score (nSPS) is 10.5. The number of carbonyl (C=O) groups is 2. The highest BCUT2D eigenvalue weighted by atomic mass is 32.2. The van der Waals surface area contributed by atoms with Crippen LogP contribution in [-0.4, -0.2) is 36.1 Å². The number of anilines is 1. The van der Waals surface area contributed by atoms with E-state index < -0.39 is 11.6 Å². The Hall–Kier alpha value is -2.41.